The maximum atomic E-state index is 11.4. The summed E-state index contributed by atoms with van der Waals surface area (Å²) in [6.07, 6.45) is -4.86. The second-order valence-corrected chi connectivity index (χ2v) is 9.50. The predicted octanol–water partition coefficient (Wildman–Crippen LogP) is -0.0527. The third-order valence-corrected chi connectivity index (χ3v) is 6.85. The van der Waals surface area contributed by atoms with E-state index in [0.29, 0.717) is 13.1 Å². The van der Waals surface area contributed by atoms with Gasteiger partial charge in [0.25, 0.3) is 0 Å². The molecule has 2 aliphatic heterocycles. The van der Waals surface area contributed by atoms with E-state index in [2.05, 4.69) is 41.3 Å². The molecule has 0 bridgehead atoms. The summed E-state index contributed by atoms with van der Waals surface area (Å²) in [5.41, 5.74) is 4.94. The number of aryl methyl sites for hydroxylation is 2. The molecule has 8 nitrogen and oxygen atoms in total. The summed E-state index contributed by atoms with van der Waals surface area (Å²) >= 11 is 0. The Morgan fingerprint density at radius 3 is 2.06 bits per heavy atom. The van der Waals surface area contributed by atoms with E-state index in [1.165, 1.54) is 22.5 Å². The number of nitrogens with zero attached hydrogens (tertiary/aromatic N) is 2. The number of carbonyl (C=O) groups excluding carboxylic acids is 1. The Hall–Kier alpha value is -2.49. The molecule has 4 rings (SSSR count). The summed E-state index contributed by atoms with van der Waals surface area (Å²) in [5.74, 6) is -1.61. The van der Waals surface area contributed by atoms with Crippen molar-refractivity contribution >= 4 is 17.3 Å². The van der Waals surface area contributed by atoms with Gasteiger partial charge in [-0.05, 0) is 36.1 Å². The lowest BCUT2D eigenvalue weighted by molar-refractivity contribution is -0.944. The number of anilines is 2. The minimum absolute atomic E-state index is 0.117. The summed E-state index contributed by atoms with van der Waals surface area (Å²) in [5, 5.41) is 42.0. The summed E-state index contributed by atoms with van der Waals surface area (Å²) in [6.45, 7) is 1.26. The smallest absolute Gasteiger partial charge is 0.222 e. The lowest BCUT2D eigenvalue weighted by atomic mass is 9.96. The SMILES string of the molecule is C[N+](C)(CCCN1c2ccccc2CCc2ccccc21)[C@@H]1O[C@H](C(=O)[O-])[C@@H](O)[C@H](O)[C@H]1O. The number of fused-ring (bicyclic) bond motifs is 2. The van der Waals surface area contributed by atoms with Gasteiger partial charge < -0.3 is 39.3 Å². The Bertz CT molecular complexity index is 949. The standard InChI is InChI=1S/C25H32N2O6/c1-27(2,24-22(30)20(28)21(29)23(33-24)25(31)32)15-7-14-26-18-10-5-3-8-16(18)12-13-17-9-4-6-11-19(17)26/h3-6,8-11,20-24,28-30H,7,12-15H2,1-2H3/t20-,21-,22+,23-,24+/m0/s1. The fourth-order valence-electron chi connectivity index (χ4n) is 5.01. The summed E-state index contributed by atoms with van der Waals surface area (Å²) < 4.78 is 5.64. The molecule has 178 valence electrons. The zero-order chi connectivity index (χ0) is 23.8. The van der Waals surface area contributed by atoms with Crippen LogP contribution in [0.25, 0.3) is 0 Å². The lowest BCUT2D eigenvalue weighted by Gasteiger charge is -2.47. The first-order chi connectivity index (χ1) is 15.7. The zero-order valence-electron chi connectivity index (χ0n) is 19.0. The van der Waals surface area contributed by atoms with Crippen LogP contribution < -0.4 is 10.0 Å². The average molecular weight is 457 g/mol. The van der Waals surface area contributed by atoms with Gasteiger partial charge in [0.05, 0.1) is 26.6 Å². The van der Waals surface area contributed by atoms with E-state index in [4.69, 9.17) is 4.74 Å². The average Bonchev–Trinajstić information content (AvgIpc) is 2.94. The molecule has 2 aromatic carbocycles. The van der Waals surface area contributed by atoms with Crippen LogP contribution in [-0.4, -0.2) is 83.6 Å². The number of likely N-dealkylation sites (N-methyl/N-ethyl adjacent to an activating group) is 1. The van der Waals surface area contributed by atoms with Crippen LogP contribution >= 0.6 is 0 Å². The van der Waals surface area contributed by atoms with Gasteiger partial charge in [-0.25, -0.2) is 0 Å². The molecule has 2 aliphatic rings. The second-order valence-electron chi connectivity index (χ2n) is 9.50. The number of aliphatic hydroxyl groups is 3. The molecule has 1 saturated heterocycles. The van der Waals surface area contributed by atoms with Crippen molar-refractivity contribution < 1.29 is 34.4 Å². The molecule has 5 atom stereocenters. The van der Waals surface area contributed by atoms with E-state index >= 15 is 0 Å². The third kappa shape index (κ3) is 4.62. The highest BCUT2D eigenvalue weighted by Crippen LogP contribution is 2.36. The summed E-state index contributed by atoms with van der Waals surface area (Å²) in [7, 11) is 3.63. The lowest BCUT2D eigenvalue weighted by Crippen LogP contribution is -2.69. The molecular formula is C25H32N2O6. The molecular weight excluding hydrogens is 424 g/mol. The Labute approximate surface area is 193 Å². The maximum absolute atomic E-state index is 11.4. The van der Waals surface area contributed by atoms with Crippen molar-refractivity contribution in [2.45, 2.75) is 49.9 Å². The van der Waals surface area contributed by atoms with Gasteiger partial charge in [0, 0.05) is 24.3 Å². The molecule has 0 radical (unpaired) electrons. The van der Waals surface area contributed by atoms with Crippen molar-refractivity contribution in [3.8, 4) is 0 Å². The van der Waals surface area contributed by atoms with Crippen LogP contribution in [0.2, 0.25) is 0 Å². The molecule has 3 N–H and O–H groups in total. The number of carbonyl (C=O) groups is 1. The Morgan fingerprint density at radius 2 is 1.52 bits per heavy atom. The van der Waals surface area contributed by atoms with E-state index < -0.39 is 36.6 Å². The molecule has 0 aliphatic carbocycles. The Balaban J connectivity index is 1.51. The molecule has 33 heavy (non-hydrogen) atoms. The van der Waals surface area contributed by atoms with E-state index in [1.54, 1.807) is 0 Å². The van der Waals surface area contributed by atoms with Crippen LogP contribution in [0, 0.1) is 0 Å². The number of para-hydroxylation sites is 2. The molecule has 8 heteroatoms. The van der Waals surface area contributed by atoms with Gasteiger partial charge in [-0.1, -0.05) is 36.4 Å². The van der Waals surface area contributed by atoms with Crippen LogP contribution in [0.1, 0.15) is 17.5 Å². The van der Waals surface area contributed by atoms with E-state index in [1.807, 2.05) is 26.2 Å². The van der Waals surface area contributed by atoms with Crippen LogP contribution in [-0.2, 0) is 22.4 Å². The Kier molecular flexibility index (Phi) is 6.74. The third-order valence-electron chi connectivity index (χ3n) is 6.85. The molecule has 0 aromatic heterocycles. The molecule has 0 saturated carbocycles. The summed E-state index contributed by atoms with van der Waals surface area (Å²) in [6, 6.07) is 16.8. The number of aliphatic carboxylic acids is 1. The minimum atomic E-state index is -1.74. The number of benzene rings is 2. The predicted molar refractivity (Wildman–Crippen MR) is 121 cm³/mol. The van der Waals surface area contributed by atoms with Gasteiger partial charge in [0.1, 0.15) is 18.3 Å². The minimum Gasteiger partial charge on any atom is -0.547 e. The van der Waals surface area contributed by atoms with Gasteiger partial charge >= 0.3 is 0 Å². The number of rotatable bonds is 6. The number of hydrogen-bond acceptors (Lipinski definition) is 7. The highest BCUT2D eigenvalue weighted by Gasteiger charge is 2.50. The highest BCUT2D eigenvalue weighted by atomic mass is 16.6. The number of ether oxygens (including phenoxy) is 1. The number of aliphatic hydroxyl groups excluding tert-OH is 3. The first-order valence-corrected chi connectivity index (χ1v) is 11.4. The van der Waals surface area contributed by atoms with Gasteiger partial charge in [-0.2, -0.15) is 0 Å². The van der Waals surface area contributed by atoms with Gasteiger partial charge in [0.15, 0.2) is 6.10 Å². The molecule has 2 aromatic rings. The maximum Gasteiger partial charge on any atom is 0.222 e. The Morgan fingerprint density at radius 1 is 0.970 bits per heavy atom. The molecule has 0 spiro atoms. The molecule has 0 amide bonds. The fourth-order valence-corrected chi connectivity index (χ4v) is 5.01. The van der Waals surface area contributed by atoms with Gasteiger partial charge in [0.2, 0.25) is 6.23 Å². The van der Waals surface area contributed by atoms with Crippen molar-refractivity contribution in [1.82, 2.24) is 0 Å². The van der Waals surface area contributed by atoms with Crippen molar-refractivity contribution in [3.05, 3.63) is 59.7 Å². The highest BCUT2D eigenvalue weighted by molar-refractivity contribution is 5.71. The van der Waals surface area contributed by atoms with Gasteiger partial charge in [-0.15, -0.1) is 0 Å². The molecule has 0 unspecified atom stereocenters. The quantitative estimate of drug-likeness (QED) is 0.522. The van der Waals surface area contributed by atoms with Crippen LogP contribution in [0.15, 0.2) is 48.5 Å². The van der Waals surface area contributed by atoms with E-state index in [-0.39, 0.29) is 4.48 Å². The molecule has 1 fully saturated rings. The van der Waals surface area contributed by atoms with E-state index in [9.17, 15) is 25.2 Å². The summed E-state index contributed by atoms with van der Waals surface area (Å²) in [4.78, 5) is 13.7. The largest absolute Gasteiger partial charge is 0.547 e. The number of carboxylic acid groups (broad SMARTS) is 1. The monoisotopic (exact) mass is 456 g/mol. The van der Waals surface area contributed by atoms with Crippen molar-refractivity contribution in [3.63, 3.8) is 0 Å². The number of hydrogen-bond donors (Lipinski definition) is 3. The van der Waals surface area contributed by atoms with E-state index in [0.717, 1.165) is 19.3 Å². The topological polar surface area (TPSA) is 113 Å². The number of carboxylic acids is 1. The second kappa shape index (κ2) is 9.40. The fraction of sp³-hybridized carbons (Fsp3) is 0.480. The van der Waals surface area contributed by atoms with Gasteiger partial charge in [-0.3, -0.25) is 0 Å². The first-order valence-electron chi connectivity index (χ1n) is 11.4. The van der Waals surface area contributed by atoms with Crippen molar-refractivity contribution in [1.29, 1.82) is 0 Å². The van der Waals surface area contributed by atoms with Crippen molar-refractivity contribution in [2.75, 3.05) is 32.1 Å². The first kappa shape index (κ1) is 23.7. The zero-order valence-corrected chi connectivity index (χ0v) is 19.0. The van der Waals surface area contributed by atoms with Crippen LogP contribution in [0.4, 0.5) is 11.4 Å². The number of quaternary nitrogens is 1. The van der Waals surface area contributed by atoms with Crippen LogP contribution in [0.3, 0.4) is 0 Å². The van der Waals surface area contributed by atoms with Crippen molar-refractivity contribution in [2.24, 2.45) is 0 Å². The normalized spacial score (nSPS) is 27.4. The molecule has 2 heterocycles. The van der Waals surface area contributed by atoms with Crippen LogP contribution in [0.5, 0.6) is 0 Å².